The lowest BCUT2D eigenvalue weighted by Gasteiger charge is -2.45. The minimum atomic E-state index is 0.176. The second-order valence-corrected chi connectivity index (χ2v) is 7.55. The molecule has 3 rings (SSSR count). The Kier molecular flexibility index (Phi) is 6.53. The molecule has 1 aromatic carbocycles. The van der Waals surface area contributed by atoms with E-state index in [2.05, 4.69) is 14.9 Å². The lowest BCUT2D eigenvalue weighted by molar-refractivity contribution is -0.133. The Morgan fingerprint density at radius 3 is 2.54 bits per heavy atom. The van der Waals surface area contributed by atoms with Crippen molar-refractivity contribution in [2.45, 2.75) is 63.5 Å². The molecule has 0 N–H and O–H groups in total. The Labute approximate surface area is 155 Å². The topological polar surface area (TPSA) is 72.3 Å². The van der Waals surface area contributed by atoms with Crippen molar-refractivity contribution in [3.63, 3.8) is 0 Å². The van der Waals surface area contributed by atoms with Crippen molar-refractivity contribution in [3.8, 4) is 0 Å². The van der Waals surface area contributed by atoms with Gasteiger partial charge >= 0.3 is 0 Å². The molecule has 1 aliphatic heterocycles. The van der Waals surface area contributed by atoms with Crippen LogP contribution in [0.2, 0.25) is 0 Å². The normalized spacial score (nSPS) is 23.9. The van der Waals surface area contributed by atoms with Crippen molar-refractivity contribution >= 4 is 11.6 Å². The van der Waals surface area contributed by atoms with E-state index < -0.39 is 0 Å². The zero-order chi connectivity index (χ0) is 18.4. The molecule has 1 saturated carbocycles. The van der Waals surface area contributed by atoms with Crippen molar-refractivity contribution in [2.75, 3.05) is 20.1 Å². The number of rotatable bonds is 5. The smallest absolute Gasteiger partial charge is 0.227 e. The summed E-state index contributed by atoms with van der Waals surface area (Å²) in [6.45, 7) is 2.37. The average Bonchev–Trinajstić information content (AvgIpc) is 2.70. The zero-order valence-corrected chi connectivity index (χ0v) is 15.7. The first kappa shape index (κ1) is 18.7. The molecule has 0 spiro atoms. The van der Waals surface area contributed by atoms with E-state index in [4.69, 9.17) is 5.53 Å². The first-order chi connectivity index (χ1) is 12.7. The number of carbonyl (C=O) groups excluding carboxylic acids is 1. The Hall–Kier alpha value is -2.04. The molecule has 140 valence electrons. The molecule has 6 nitrogen and oxygen atoms in total. The van der Waals surface area contributed by atoms with E-state index in [1.165, 1.54) is 51.6 Å². The van der Waals surface area contributed by atoms with Crippen molar-refractivity contribution in [1.82, 2.24) is 9.80 Å². The third-order valence-electron chi connectivity index (χ3n) is 5.90. The number of likely N-dealkylation sites (tertiary alicyclic amines) is 1. The number of likely N-dealkylation sites (N-methyl/N-ethyl adjacent to an activating group) is 1. The largest absolute Gasteiger partial charge is 0.341 e. The second kappa shape index (κ2) is 9.06. The maximum atomic E-state index is 12.9. The summed E-state index contributed by atoms with van der Waals surface area (Å²) in [5.41, 5.74) is 10.0. The number of amides is 1. The molecule has 1 heterocycles. The summed E-state index contributed by atoms with van der Waals surface area (Å²) in [4.78, 5) is 20.3. The van der Waals surface area contributed by atoms with E-state index in [1.807, 2.05) is 24.1 Å². The van der Waals surface area contributed by atoms with E-state index in [9.17, 15) is 4.79 Å². The van der Waals surface area contributed by atoms with Gasteiger partial charge in [0.05, 0.1) is 6.42 Å². The maximum absolute atomic E-state index is 12.9. The molecule has 26 heavy (non-hydrogen) atoms. The highest BCUT2D eigenvalue weighted by atomic mass is 16.2. The summed E-state index contributed by atoms with van der Waals surface area (Å²) in [5, 5.41) is 3.58. The minimum Gasteiger partial charge on any atom is -0.341 e. The van der Waals surface area contributed by atoms with E-state index in [-0.39, 0.29) is 5.91 Å². The van der Waals surface area contributed by atoms with Crippen LogP contribution in [-0.4, -0.2) is 47.9 Å². The van der Waals surface area contributed by atoms with Crippen LogP contribution in [-0.2, 0) is 11.2 Å². The average molecular weight is 355 g/mol. The predicted molar refractivity (Wildman–Crippen MR) is 103 cm³/mol. The van der Waals surface area contributed by atoms with Crippen LogP contribution in [0, 0.1) is 0 Å². The van der Waals surface area contributed by atoms with Crippen LogP contribution >= 0.6 is 0 Å². The van der Waals surface area contributed by atoms with Crippen molar-refractivity contribution in [1.29, 1.82) is 0 Å². The fraction of sp³-hybridized carbons (Fsp3) is 0.650. The molecule has 1 aliphatic carbocycles. The van der Waals surface area contributed by atoms with Gasteiger partial charge in [-0.15, -0.1) is 0 Å². The highest BCUT2D eigenvalue weighted by Crippen LogP contribution is 2.29. The molecule has 1 saturated heterocycles. The Morgan fingerprint density at radius 2 is 1.85 bits per heavy atom. The van der Waals surface area contributed by atoms with Gasteiger partial charge in [0.25, 0.3) is 0 Å². The van der Waals surface area contributed by atoms with Crippen molar-refractivity contribution in [2.24, 2.45) is 5.11 Å². The Balaban J connectivity index is 1.64. The van der Waals surface area contributed by atoms with Gasteiger partial charge in [-0.3, -0.25) is 9.69 Å². The van der Waals surface area contributed by atoms with Crippen LogP contribution in [0.5, 0.6) is 0 Å². The first-order valence-corrected chi connectivity index (χ1v) is 9.83. The van der Waals surface area contributed by atoms with Crippen LogP contribution in [0.25, 0.3) is 10.4 Å². The van der Waals surface area contributed by atoms with E-state index in [0.29, 0.717) is 24.2 Å². The molecule has 2 unspecified atom stereocenters. The Bertz CT molecular complexity index is 647. The van der Waals surface area contributed by atoms with Gasteiger partial charge in [-0.25, -0.2) is 0 Å². The van der Waals surface area contributed by atoms with Gasteiger partial charge in [-0.2, -0.15) is 0 Å². The van der Waals surface area contributed by atoms with Gasteiger partial charge in [0.1, 0.15) is 0 Å². The molecule has 2 atom stereocenters. The summed E-state index contributed by atoms with van der Waals surface area (Å²) in [7, 11) is 1.98. The lowest BCUT2D eigenvalue weighted by atomic mass is 9.87. The van der Waals surface area contributed by atoms with Gasteiger partial charge in [0.2, 0.25) is 5.91 Å². The van der Waals surface area contributed by atoms with E-state index in [1.54, 1.807) is 12.1 Å². The predicted octanol–water partition coefficient (Wildman–Crippen LogP) is 4.43. The van der Waals surface area contributed by atoms with E-state index in [0.717, 1.165) is 12.0 Å². The number of nitrogens with zero attached hydrogens (tertiary/aromatic N) is 5. The van der Waals surface area contributed by atoms with Gasteiger partial charge in [-0.1, -0.05) is 48.6 Å². The number of hydrogen-bond donors (Lipinski definition) is 0. The highest BCUT2D eigenvalue weighted by Gasteiger charge is 2.34. The standard InChI is InChI=1S/C20H29N5O/c1-24(20(26)15-16-9-11-17(12-10-16)22-23-21)18-7-3-4-8-19(18)25-13-5-2-6-14-25/h9-12,18-19H,2-8,13-15H2,1H3. The monoisotopic (exact) mass is 355 g/mol. The molecule has 0 bridgehead atoms. The number of benzene rings is 1. The summed E-state index contributed by atoms with van der Waals surface area (Å²) < 4.78 is 0. The third-order valence-corrected chi connectivity index (χ3v) is 5.90. The maximum Gasteiger partial charge on any atom is 0.227 e. The SMILES string of the molecule is CN(C(=O)Cc1ccc(N=[N+]=[N-])cc1)C1CCCCC1N1CCCCC1. The van der Waals surface area contributed by atoms with Crippen LogP contribution in [0.4, 0.5) is 5.69 Å². The molecular weight excluding hydrogens is 326 g/mol. The van der Waals surface area contributed by atoms with Gasteiger partial charge in [0.15, 0.2) is 0 Å². The third kappa shape index (κ3) is 4.57. The van der Waals surface area contributed by atoms with E-state index >= 15 is 0 Å². The first-order valence-electron chi connectivity index (χ1n) is 9.83. The Morgan fingerprint density at radius 1 is 1.15 bits per heavy atom. The lowest BCUT2D eigenvalue weighted by Crippen LogP contribution is -2.55. The van der Waals surface area contributed by atoms with Crippen molar-refractivity contribution in [3.05, 3.63) is 40.3 Å². The van der Waals surface area contributed by atoms with Crippen LogP contribution in [0.3, 0.4) is 0 Å². The van der Waals surface area contributed by atoms with Gasteiger partial charge < -0.3 is 4.90 Å². The fourth-order valence-corrected chi connectivity index (χ4v) is 4.44. The van der Waals surface area contributed by atoms with Crippen LogP contribution in [0.1, 0.15) is 50.5 Å². The molecule has 0 radical (unpaired) electrons. The molecule has 6 heteroatoms. The quantitative estimate of drug-likeness (QED) is 0.445. The number of azide groups is 1. The van der Waals surface area contributed by atoms with Gasteiger partial charge in [0, 0.05) is 29.7 Å². The zero-order valence-electron chi connectivity index (χ0n) is 15.7. The number of piperidine rings is 1. The van der Waals surface area contributed by atoms with Crippen LogP contribution < -0.4 is 0 Å². The number of hydrogen-bond acceptors (Lipinski definition) is 3. The van der Waals surface area contributed by atoms with Crippen molar-refractivity contribution < 1.29 is 4.79 Å². The minimum absolute atomic E-state index is 0.176. The number of carbonyl (C=O) groups is 1. The summed E-state index contributed by atoms with van der Waals surface area (Å²) in [6.07, 6.45) is 9.14. The highest BCUT2D eigenvalue weighted by molar-refractivity contribution is 5.79. The summed E-state index contributed by atoms with van der Waals surface area (Å²) in [5.74, 6) is 0.176. The summed E-state index contributed by atoms with van der Waals surface area (Å²) in [6, 6.07) is 8.12. The second-order valence-electron chi connectivity index (χ2n) is 7.55. The molecule has 2 aliphatic rings. The molecular formula is C20H29N5O. The van der Waals surface area contributed by atoms with Gasteiger partial charge in [-0.05, 0) is 49.9 Å². The molecule has 1 aromatic rings. The van der Waals surface area contributed by atoms with Crippen LogP contribution in [0.15, 0.2) is 29.4 Å². The molecule has 0 aromatic heterocycles. The molecule has 2 fully saturated rings. The summed E-state index contributed by atoms with van der Waals surface area (Å²) >= 11 is 0. The molecule has 1 amide bonds. The fourth-order valence-electron chi connectivity index (χ4n) is 4.44.